The van der Waals surface area contributed by atoms with Gasteiger partial charge in [0.2, 0.25) is 0 Å². The average Bonchev–Trinajstić information content (AvgIpc) is 2.93. The first-order chi connectivity index (χ1) is 13.6. The summed E-state index contributed by atoms with van der Waals surface area (Å²) in [7, 11) is 0. The zero-order valence-corrected chi connectivity index (χ0v) is 15.3. The summed E-state index contributed by atoms with van der Waals surface area (Å²) in [6.45, 7) is 2.67. The van der Waals surface area contributed by atoms with E-state index in [-0.39, 0.29) is 24.2 Å². The number of hydrogen-bond donors (Lipinski definition) is 1. The van der Waals surface area contributed by atoms with Crippen LogP contribution in [0.1, 0.15) is 27.5 Å². The molecule has 8 nitrogen and oxygen atoms in total. The fraction of sp³-hybridized carbons (Fsp3) is 0.350. The first-order valence-electron chi connectivity index (χ1n) is 9.16. The Labute approximate surface area is 162 Å². The number of urea groups is 1. The zero-order chi connectivity index (χ0) is 19.5. The van der Waals surface area contributed by atoms with Crippen LogP contribution in [0.3, 0.4) is 0 Å². The summed E-state index contributed by atoms with van der Waals surface area (Å²) in [5.74, 6) is -0.522. The Morgan fingerprint density at radius 1 is 1.18 bits per heavy atom. The van der Waals surface area contributed by atoms with Gasteiger partial charge >= 0.3 is 12.0 Å². The average molecular weight is 383 g/mol. The summed E-state index contributed by atoms with van der Waals surface area (Å²) in [6.07, 6.45) is 3.41. The number of rotatable bonds is 2. The fourth-order valence-corrected chi connectivity index (χ4v) is 3.49. The number of ether oxygens (including phenoxy) is 2. The molecule has 3 heterocycles. The van der Waals surface area contributed by atoms with E-state index in [0.717, 1.165) is 11.1 Å². The minimum Gasteiger partial charge on any atom is -0.491 e. The largest absolute Gasteiger partial charge is 0.491 e. The summed E-state index contributed by atoms with van der Waals surface area (Å²) in [5, 5.41) is 9.25. The number of carboxylic acid groups (broad SMARTS) is 1. The second-order valence-corrected chi connectivity index (χ2v) is 6.75. The Bertz CT molecular complexity index is 867. The van der Waals surface area contributed by atoms with Crippen LogP contribution in [0.15, 0.2) is 42.7 Å². The van der Waals surface area contributed by atoms with Gasteiger partial charge in [-0.2, -0.15) is 0 Å². The Hall–Kier alpha value is -3.13. The highest BCUT2D eigenvalue weighted by molar-refractivity contribution is 5.88. The molecular weight excluding hydrogens is 362 g/mol. The highest BCUT2D eigenvalue weighted by Crippen LogP contribution is 2.33. The normalized spacial score (nSPS) is 19.4. The lowest BCUT2D eigenvalue weighted by molar-refractivity contribution is 0.0362. The van der Waals surface area contributed by atoms with Gasteiger partial charge in [0, 0.05) is 31.0 Å². The van der Waals surface area contributed by atoms with Gasteiger partial charge in [0.15, 0.2) is 0 Å². The molecule has 1 N–H and O–H groups in total. The van der Waals surface area contributed by atoms with E-state index >= 15 is 0 Å². The Morgan fingerprint density at radius 3 is 2.71 bits per heavy atom. The van der Waals surface area contributed by atoms with E-state index in [1.807, 2.05) is 12.1 Å². The maximum absolute atomic E-state index is 13.3. The van der Waals surface area contributed by atoms with E-state index in [0.29, 0.717) is 38.6 Å². The molecular formula is C20H21N3O5. The minimum absolute atomic E-state index is 0.0871. The number of carbonyl (C=O) groups is 2. The predicted molar refractivity (Wildman–Crippen MR) is 99.2 cm³/mol. The van der Waals surface area contributed by atoms with Crippen molar-refractivity contribution in [3.8, 4) is 5.75 Å². The molecule has 1 aromatic heterocycles. The predicted octanol–water partition coefficient (Wildman–Crippen LogP) is 2.17. The molecule has 0 unspecified atom stereocenters. The standard InChI is InChI=1S/C20H21N3O5/c24-19(25)14-3-4-16-12-23(20(26)22-6-8-27-9-7-22)17(13-28-18(16)10-14)15-2-1-5-21-11-15/h1-5,10-11,17H,6-9,12-13H2,(H,24,25)/t17-/m1/s1. The molecule has 1 atom stereocenters. The van der Waals surface area contributed by atoms with E-state index < -0.39 is 5.97 Å². The monoisotopic (exact) mass is 383 g/mol. The van der Waals surface area contributed by atoms with Gasteiger partial charge in [0.05, 0.1) is 31.4 Å². The molecule has 0 spiro atoms. The molecule has 2 aliphatic heterocycles. The summed E-state index contributed by atoms with van der Waals surface area (Å²) in [4.78, 5) is 32.3. The lowest BCUT2D eigenvalue weighted by Gasteiger charge is -2.36. The van der Waals surface area contributed by atoms with Gasteiger partial charge in [-0.05, 0) is 23.8 Å². The van der Waals surface area contributed by atoms with Crippen molar-refractivity contribution in [1.82, 2.24) is 14.8 Å². The van der Waals surface area contributed by atoms with Crippen LogP contribution >= 0.6 is 0 Å². The number of fused-ring (bicyclic) bond motifs is 1. The Kier molecular flexibility index (Phi) is 5.12. The molecule has 2 amide bonds. The highest BCUT2D eigenvalue weighted by atomic mass is 16.5. The molecule has 2 aromatic rings. The van der Waals surface area contributed by atoms with Gasteiger partial charge in [-0.25, -0.2) is 9.59 Å². The summed E-state index contributed by atoms with van der Waals surface area (Å²) >= 11 is 0. The first-order valence-corrected chi connectivity index (χ1v) is 9.16. The highest BCUT2D eigenvalue weighted by Gasteiger charge is 2.33. The zero-order valence-electron chi connectivity index (χ0n) is 15.3. The summed E-state index contributed by atoms with van der Waals surface area (Å²) in [6, 6.07) is 8.09. The van der Waals surface area contributed by atoms with Crippen LogP contribution in [0.4, 0.5) is 4.79 Å². The molecule has 0 radical (unpaired) electrons. The third-order valence-corrected chi connectivity index (χ3v) is 5.02. The molecule has 28 heavy (non-hydrogen) atoms. The van der Waals surface area contributed by atoms with Crippen LogP contribution in [0.25, 0.3) is 0 Å². The van der Waals surface area contributed by atoms with E-state index in [9.17, 15) is 14.7 Å². The van der Waals surface area contributed by atoms with Crippen molar-refractivity contribution in [2.75, 3.05) is 32.9 Å². The maximum atomic E-state index is 13.3. The summed E-state index contributed by atoms with van der Waals surface area (Å²) < 4.78 is 11.3. The number of aromatic nitrogens is 1. The molecule has 2 aliphatic rings. The third-order valence-electron chi connectivity index (χ3n) is 5.02. The fourth-order valence-electron chi connectivity index (χ4n) is 3.49. The smallest absolute Gasteiger partial charge is 0.335 e. The number of benzene rings is 1. The van der Waals surface area contributed by atoms with Gasteiger partial charge in [0.1, 0.15) is 12.4 Å². The number of nitrogens with zero attached hydrogens (tertiary/aromatic N) is 3. The van der Waals surface area contributed by atoms with Crippen LogP contribution in [0, 0.1) is 0 Å². The lowest BCUT2D eigenvalue weighted by atomic mass is 10.1. The van der Waals surface area contributed by atoms with Crippen molar-refractivity contribution in [3.05, 3.63) is 59.4 Å². The van der Waals surface area contributed by atoms with Crippen molar-refractivity contribution in [2.45, 2.75) is 12.6 Å². The van der Waals surface area contributed by atoms with Crippen LogP contribution in [-0.2, 0) is 11.3 Å². The second kappa shape index (κ2) is 7.85. The molecule has 0 aliphatic carbocycles. The summed E-state index contributed by atoms with van der Waals surface area (Å²) in [5.41, 5.74) is 1.80. The van der Waals surface area contributed by atoms with Crippen LogP contribution < -0.4 is 4.74 Å². The van der Waals surface area contributed by atoms with E-state index in [1.165, 1.54) is 12.1 Å². The molecule has 0 bridgehead atoms. The molecule has 4 rings (SSSR count). The number of carbonyl (C=O) groups excluding carboxylic acids is 1. The van der Waals surface area contributed by atoms with Gasteiger partial charge in [-0.3, -0.25) is 4.98 Å². The molecule has 8 heteroatoms. The van der Waals surface area contributed by atoms with Crippen molar-refractivity contribution in [2.24, 2.45) is 0 Å². The Morgan fingerprint density at radius 2 is 2.00 bits per heavy atom. The maximum Gasteiger partial charge on any atom is 0.335 e. The Balaban J connectivity index is 1.69. The van der Waals surface area contributed by atoms with Crippen molar-refractivity contribution >= 4 is 12.0 Å². The topological polar surface area (TPSA) is 92.2 Å². The number of pyridine rings is 1. The molecule has 1 aromatic carbocycles. The van der Waals surface area contributed by atoms with Crippen molar-refractivity contribution in [3.63, 3.8) is 0 Å². The molecule has 0 saturated carbocycles. The van der Waals surface area contributed by atoms with E-state index in [4.69, 9.17) is 9.47 Å². The van der Waals surface area contributed by atoms with Crippen LogP contribution in [-0.4, -0.2) is 64.8 Å². The number of carboxylic acids is 1. The SMILES string of the molecule is O=C(O)c1ccc2c(c1)OC[C@H](c1cccnc1)N(C(=O)N1CCOCC1)C2. The lowest BCUT2D eigenvalue weighted by Crippen LogP contribution is -2.49. The van der Waals surface area contributed by atoms with E-state index in [1.54, 1.807) is 28.3 Å². The number of amides is 2. The van der Waals surface area contributed by atoms with Crippen molar-refractivity contribution in [1.29, 1.82) is 0 Å². The van der Waals surface area contributed by atoms with Crippen molar-refractivity contribution < 1.29 is 24.2 Å². The van der Waals surface area contributed by atoms with E-state index in [2.05, 4.69) is 4.98 Å². The molecule has 1 saturated heterocycles. The number of aromatic carboxylic acids is 1. The first kappa shape index (κ1) is 18.2. The van der Waals surface area contributed by atoms with Gasteiger partial charge in [-0.1, -0.05) is 12.1 Å². The van der Waals surface area contributed by atoms with Gasteiger partial charge < -0.3 is 24.4 Å². The third kappa shape index (κ3) is 3.63. The minimum atomic E-state index is -1.01. The quantitative estimate of drug-likeness (QED) is 0.855. The number of hydrogen-bond acceptors (Lipinski definition) is 5. The van der Waals surface area contributed by atoms with Gasteiger partial charge in [0.25, 0.3) is 0 Å². The second-order valence-electron chi connectivity index (χ2n) is 6.75. The molecule has 146 valence electrons. The molecule has 1 fully saturated rings. The van der Waals surface area contributed by atoms with Crippen LogP contribution in [0.5, 0.6) is 5.75 Å². The number of morpholine rings is 1. The van der Waals surface area contributed by atoms with Crippen LogP contribution in [0.2, 0.25) is 0 Å². The van der Waals surface area contributed by atoms with Gasteiger partial charge in [-0.15, -0.1) is 0 Å².